The number of anilines is 1. The average Bonchev–Trinajstić information content (AvgIpc) is 2.33. The van der Waals surface area contributed by atoms with E-state index in [1.165, 1.54) is 6.20 Å². The molecule has 2 unspecified atom stereocenters. The standard InChI is InChI=1S/C13H20FN3/c1-4-13(3)9-17(10(2)6-16-13)12-5-11(14)7-15-8-12/h5,7-8,10,16H,4,6,9H2,1-3H3. The second-order valence-corrected chi connectivity index (χ2v) is 5.13. The van der Waals surface area contributed by atoms with Gasteiger partial charge in [-0.3, -0.25) is 4.98 Å². The van der Waals surface area contributed by atoms with Crippen LogP contribution in [0.15, 0.2) is 18.5 Å². The van der Waals surface area contributed by atoms with Crippen molar-refractivity contribution in [2.45, 2.75) is 38.8 Å². The zero-order chi connectivity index (χ0) is 12.5. The lowest BCUT2D eigenvalue weighted by molar-refractivity contribution is 0.285. The number of hydrogen-bond donors (Lipinski definition) is 1. The molecule has 1 aromatic heterocycles. The van der Waals surface area contributed by atoms with E-state index >= 15 is 0 Å². The van der Waals surface area contributed by atoms with Crippen LogP contribution in [0.5, 0.6) is 0 Å². The fourth-order valence-electron chi connectivity index (χ4n) is 2.23. The van der Waals surface area contributed by atoms with Gasteiger partial charge in [-0.1, -0.05) is 6.92 Å². The summed E-state index contributed by atoms with van der Waals surface area (Å²) in [5.41, 5.74) is 0.970. The Morgan fingerprint density at radius 1 is 1.59 bits per heavy atom. The minimum atomic E-state index is -0.272. The lowest BCUT2D eigenvalue weighted by atomic mass is 9.93. The molecule has 0 aliphatic carbocycles. The number of piperazine rings is 1. The van der Waals surface area contributed by atoms with E-state index in [0.717, 1.165) is 25.2 Å². The van der Waals surface area contributed by atoms with Gasteiger partial charge < -0.3 is 10.2 Å². The summed E-state index contributed by atoms with van der Waals surface area (Å²) >= 11 is 0. The lowest BCUT2D eigenvalue weighted by Gasteiger charge is -2.46. The highest BCUT2D eigenvalue weighted by Crippen LogP contribution is 2.24. The Morgan fingerprint density at radius 2 is 2.35 bits per heavy atom. The number of halogens is 1. The molecule has 1 N–H and O–H groups in total. The van der Waals surface area contributed by atoms with Gasteiger partial charge in [0.1, 0.15) is 5.82 Å². The van der Waals surface area contributed by atoms with Gasteiger partial charge in [0.2, 0.25) is 0 Å². The fourth-order valence-corrected chi connectivity index (χ4v) is 2.23. The van der Waals surface area contributed by atoms with E-state index in [1.54, 1.807) is 12.3 Å². The van der Waals surface area contributed by atoms with Crippen LogP contribution >= 0.6 is 0 Å². The van der Waals surface area contributed by atoms with Crippen LogP contribution in [0.1, 0.15) is 27.2 Å². The highest BCUT2D eigenvalue weighted by atomic mass is 19.1. The Labute approximate surface area is 102 Å². The quantitative estimate of drug-likeness (QED) is 0.854. The molecule has 3 nitrogen and oxygen atoms in total. The van der Waals surface area contributed by atoms with Gasteiger partial charge in [0.05, 0.1) is 18.1 Å². The smallest absolute Gasteiger partial charge is 0.143 e. The van der Waals surface area contributed by atoms with Crippen molar-refractivity contribution in [2.24, 2.45) is 0 Å². The molecule has 0 spiro atoms. The largest absolute Gasteiger partial charge is 0.364 e. The molecule has 1 aromatic rings. The van der Waals surface area contributed by atoms with Crippen molar-refractivity contribution in [2.75, 3.05) is 18.0 Å². The third-order valence-corrected chi connectivity index (χ3v) is 3.68. The Kier molecular flexibility index (Phi) is 3.33. The van der Waals surface area contributed by atoms with Crippen LogP contribution in [0.3, 0.4) is 0 Å². The second-order valence-electron chi connectivity index (χ2n) is 5.13. The molecule has 2 rings (SSSR count). The van der Waals surface area contributed by atoms with Crippen molar-refractivity contribution < 1.29 is 4.39 Å². The number of nitrogens with zero attached hydrogens (tertiary/aromatic N) is 2. The normalized spacial score (nSPS) is 29.4. The second kappa shape index (κ2) is 4.61. The summed E-state index contributed by atoms with van der Waals surface area (Å²) in [6.45, 7) is 8.33. The molecule has 1 aliphatic heterocycles. The lowest BCUT2D eigenvalue weighted by Crippen LogP contribution is -2.62. The first-order chi connectivity index (χ1) is 8.04. The van der Waals surface area contributed by atoms with Crippen molar-refractivity contribution in [1.82, 2.24) is 10.3 Å². The van der Waals surface area contributed by atoms with Crippen molar-refractivity contribution in [3.8, 4) is 0 Å². The molecule has 94 valence electrons. The van der Waals surface area contributed by atoms with Crippen molar-refractivity contribution in [3.63, 3.8) is 0 Å². The van der Waals surface area contributed by atoms with E-state index in [0.29, 0.717) is 6.04 Å². The summed E-state index contributed by atoms with van der Waals surface area (Å²) < 4.78 is 13.2. The molecule has 0 radical (unpaired) electrons. The third kappa shape index (κ3) is 2.57. The van der Waals surface area contributed by atoms with Crippen molar-refractivity contribution >= 4 is 5.69 Å². The van der Waals surface area contributed by atoms with Crippen molar-refractivity contribution in [3.05, 3.63) is 24.3 Å². The number of hydrogen-bond acceptors (Lipinski definition) is 3. The molecule has 0 amide bonds. The van der Waals surface area contributed by atoms with E-state index in [1.807, 2.05) is 0 Å². The van der Waals surface area contributed by atoms with E-state index in [2.05, 4.69) is 36.0 Å². The topological polar surface area (TPSA) is 28.2 Å². The SMILES string of the molecule is CCC1(C)CN(c2cncc(F)c2)C(C)CN1. The Hall–Kier alpha value is -1.16. The van der Waals surface area contributed by atoms with Crippen LogP contribution < -0.4 is 10.2 Å². The van der Waals surface area contributed by atoms with Crippen LogP contribution in [0, 0.1) is 5.82 Å². The molecule has 1 aliphatic rings. The van der Waals surface area contributed by atoms with Crippen LogP contribution in [0.4, 0.5) is 10.1 Å². The van der Waals surface area contributed by atoms with Crippen LogP contribution in [0.25, 0.3) is 0 Å². The maximum Gasteiger partial charge on any atom is 0.143 e. The van der Waals surface area contributed by atoms with Gasteiger partial charge in [0.25, 0.3) is 0 Å². The van der Waals surface area contributed by atoms with Crippen LogP contribution in [-0.2, 0) is 0 Å². The molecular weight excluding hydrogens is 217 g/mol. The fraction of sp³-hybridized carbons (Fsp3) is 0.615. The number of rotatable bonds is 2. The van der Waals surface area contributed by atoms with Gasteiger partial charge in [0, 0.05) is 30.7 Å². The first kappa shape index (κ1) is 12.3. The molecule has 1 fully saturated rings. The van der Waals surface area contributed by atoms with E-state index in [9.17, 15) is 4.39 Å². The summed E-state index contributed by atoms with van der Waals surface area (Å²) in [6, 6.07) is 1.92. The van der Waals surface area contributed by atoms with Crippen molar-refractivity contribution in [1.29, 1.82) is 0 Å². The summed E-state index contributed by atoms with van der Waals surface area (Å²) in [5.74, 6) is -0.272. The van der Waals surface area contributed by atoms with Gasteiger partial charge >= 0.3 is 0 Å². The summed E-state index contributed by atoms with van der Waals surface area (Å²) in [7, 11) is 0. The van der Waals surface area contributed by atoms with Gasteiger partial charge in [0.15, 0.2) is 0 Å². The summed E-state index contributed by atoms with van der Waals surface area (Å²) in [5, 5.41) is 3.55. The van der Waals surface area contributed by atoms with Gasteiger partial charge in [-0.2, -0.15) is 0 Å². The molecule has 17 heavy (non-hydrogen) atoms. The van der Waals surface area contributed by atoms with E-state index in [-0.39, 0.29) is 11.4 Å². The molecule has 2 atom stereocenters. The molecule has 2 heterocycles. The minimum Gasteiger partial charge on any atom is -0.364 e. The Morgan fingerprint density at radius 3 is 3.00 bits per heavy atom. The molecule has 1 saturated heterocycles. The molecule has 0 bridgehead atoms. The highest BCUT2D eigenvalue weighted by molar-refractivity contribution is 5.46. The number of aromatic nitrogens is 1. The average molecular weight is 237 g/mol. The molecule has 0 saturated carbocycles. The highest BCUT2D eigenvalue weighted by Gasteiger charge is 2.32. The zero-order valence-electron chi connectivity index (χ0n) is 10.7. The summed E-state index contributed by atoms with van der Waals surface area (Å²) in [4.78, 5) is 6.16. The molecular formula is C13H20FN3. The minimum absolute atomic E-state index is 0.0961. The van der Waals surface area contributed by atoms with Crippen LogP contribution in [0.2, 0.25) is 0 Å². The third-order valence-electron chi connectivity index (χ3n) is 3.68. The molecule has 0 aromatic carbocycles. The predicted molar refractivity (Wildman–Crippen MR) is 67.7 cm³/mol. The number of nitrogens with one attached hydrogen (secondary N) is 1. The maximum absolute atomic E-state index is 13.2. The Balaban J connectivity index is 2.24. The zero-order valence-corrected chi connectivity index (χ0v) is 10.7. The first-order valence-corrected chi connectivity index (χ1v) is 6.16. The van der Waals surface area contributed by atoms with E-state index < -0.39 is 0 Å². The molecule has 4 heteroatoms. The van der Waals surface area contributed by atoms with E-state index in [4.69, 9.17) is 0 Å². The van der Waals surface area contributed by atoms with Gasteiger partial charge in [-0.15, -0.1) is 0 Å². The van der Waals surface area contributed by atoms with Gasteiger partial charge in [-0.25, -0.2) is 4.39 Å². The maximum atomic E-state index is 13.2. The first-order valence-electron chi connectivity index (χ1n) is 6.16. The number of pyridine rings is 1. The monoisotopic (exact) mass is 237 g/mol. The Bertz CT molecular complexity index is 396. The van der Waals surface area contributed by atoms with Crippen LogP contribution in [-0.4, -0.2) is 29.7 Å². The van der Waals surface area contributed by atoms with Gasteiger partial charge in [-0.05, 0) is 20.3 Å². The summed E-state index contributed by atoms with van der Waals surface area (Å²) in [6.07, 6.45) is 4.04. The predicted octanol–water partition coefficient (Wildman–Crippen LogP) is 2.19.